The van der Waals surface area contributed by atoms with Gasteiger partial charge in [-0.05, 0) is 33.3 Å². The zero-order chi connectivity index (χ0) is 13.8. The van der Waals surface area contributed by atoms with Gasteiger partial charge in [-0.25, -0.2) is 4.98 Å². The topological polar surface area (TPSA) is 77.2 Å². The SMILES string of the molecule is CC(N)C(=O)NCc1ccc(OC(C)(C)C)nc1.Cl. The first-order valence-electron chi connectivity index (χ1n) is 5.95. The van der Waals surface area contributed by atoms with E-state index in [-0.39, 0.29) is 23.9 Å². The average molecular weight is 288 g/mol. The molecule has 1 unspecified atom stereocenters. The summed E-state index contributed by atoms with van der Waals surface area (Å²) in [5, 5.41) is 2.72. The standard InChI is InChI=1S/C13H21N3O2.ClH/c1-9(14)12(17)16-8-10-5-6-11(15-7-10)18-13(2,3)4;/h5-7,9H,8,14H2,1-4H3,(H,16,17);1H. The molecule has 1 atom stereocenters. The van der Waals surface area contributed by atoms with Crippen molar-refractivity contribution in [1.82, 2.24) is 10.3 Å². The van der Waals surface area contributed by atoms with Crippen LogP contribution in [-0.2, 0) is 11.3 Å². The van der Waals surface area contributed by atoms with Crippen molar-refractivity contribution in [2.24, 2.45) is 5.73 Å². The lowest BCUT2D eigenvalue weighted by molar-refractivity contribution is -0.122. The number of nitrogens with zero attached hydrogens (tertiary/aromatic N) is 1. The normalized spacial score (nSPS) is 12.3. The summed E-state index contributed by atoms with van der Waals surface area (Å²) >= 11 is 0. The summed E-state index contributed by atoms with van der Waals surface area (Å²) in [6.07, 6.45) is 1.68. The third-order valence-electron chi connectivity index (χ3n) is 2.09. The van der Waals surface area contributed by atoms with Crippen LogP contribution in [0.2, 0.25) is 0 Å². The number of aromatic nitrogens is 1. The predicted octanol–water partition coefficient (Wildman–Crippen LogP) is 1.64. The maximum absolute atomic E-state index is 11.3. The molecule has 1 heterocycles. The molecule has 0 aliphatic carbocycles. The Hall–Kier alpha value is -1.33. The van der Waals surface area contributed by atoms with Crippen LogP contribution in [0.5, 0.6) is 5.88 Å². The quantitative estimate of drug-likeness (QED) is 0.883. The molecule has 0 aliphatic rings. The number of nitrogens with one attached hydrogen (secondary N) is 1. The highest BCUT2D eigenvalue weighted by Crippen LogP contribution is 2.15. The molecule has 5 nitrogen and oxygen atoms in total. The van der Waals surface area contributed by atoms with Gasteiger partial charge in [0.1, 0.15) is 5.60 Å². The molecule has 1 rings (SSSR count). The molecule has 0 radical (unpaired) electrons. The van der Waals surface area contributed by atoms with E-state index in [1.807, 2.05) is 26.8 Å². The zero-order valence-electron chi connectivity index (χ0n) is 11.8. The third-order valence-corrected chi connectivity index (χ3v) is 2.09. The first-order chi connectivity index (χ1) is 8.28. The van der Waals surface area contributed by atoms with Crippen LogP contribution in [0.1, 0.15) is 33.3 Å². The lowest BCUT2D eigenvalue weighted by Gasteiger charge is -2.20. The average Bonchev–Trinajstić information content (AvgIpc) is 2.25. The van der Waals surface area contributed by atoms with E-state index in [1.54, 1.807) is 19.2 Å². The highest BCUT2D eigenvalue weighted by molar-refractivity contribution is 5.85. The molecule has 1 amide bonds. The van der Waals surface area contributed by atoms with Gasteiger partial charge in [-0.2, -0.15) is 0 Å². The number of nitrogens with two attached hydrogens (primary N) is 1. The molecule has 108 valence electrons. The lowest BCUT2D eigenvalue weighted by Crippen LogP contribution is -2.37. The van der Waals surface area contributed by atoms with Crippen LogP contribution in [0.25, 0.3) is 0 Å². The fourth-order valence-electron chi connectivity index (χ4n) is 1.24. The summed E-state index contributed by atoms with van der Waals surface area (Å²) in [5.74, 6) is 0.398. The number of halogens is 1. The number of hydrogen-bond donors (Lipinski definition) is 2. The van der Waals surface area contributed by atoms with E-state index in [0.717, 1.165) is 5.56 Å². The molecular formula is C13H22ClN3O2. The van der Waals surface area contributed by atoms with Crippen LogP contribution >= 0.6 is 12.4 Å². The third kappa shape index (κ3) is 6.98. The molecule has 0 spiro atoms. The van der Waals surface area contributed by atoms with E-state index in [2.05, 4.69) is 10.3 Å². The molecule has 0 aromatic carbocycles. The van der Waals surface area contributed by atoms with Crippen LogP contribution < -0.4 is 15.8 Å². The smallest absolute Gasteiger partial charge is 0.236 e. The van der Waals surface area contributed by atoms with Gasteiger partial charge in [0, 0.05) is 18.8 Å². The van der Waals surface area contributed by atoms with Crippen LogP contribution in [0.15, 0.2) is 18.3 Å². The molecule has 1 aromatic heterocycles. The Morgan fingerprint density at radius 2 is 2.11 bits per heavy atom. The van der Waals surface area contributed by atoms with Crippen molar-refractivity contribution in [3.05, 3.63) is 23.9 Å². The van der Waals surface area contributed by atoms with Crippen LogP contribution in [0.3, 0.4) is 0 Å². The van der Waals surface area contributed by atoms with Crippen molar-refractivity contribution >= 4 is 18.3 Å². The Labute approximate surface area is 120 Å². The maximum atomic E-state index is 11.3. The number of pyridine rings is 1. The Kier molecular flexibility index (Phi) is 6.79. The second-order valence-corrected chi connectivity index (χ2v) is 5.23. The Morgan fingerprint density at radius 1 is 1.47 bits per heavy atom. The molecule has 1 aromatic rings. The van der Waals surface area contributed by atoms with Gasteiger partial charge in [0.2, 0.25) is 11.8 Å². The zero-order valence-corrected chi connectivity index (χ0v) is 12.6. The largest absolute Gasteiger partial charge is 0.472 e. The van der Waals surface area contributed by atoms with E-state index in [1.165, 1.54) is 0 Å². The number of rotatable bonds is 4. The van der Waals surface area contributed by atoms with Gasteiger partial charge in [-0.3, -0.25) is 4.79 Å². The lowest BCUT2D eigenvalue weighted by atomic mass is 10.2. The van der Waals surface area contributed by atoms with Crippen LogP contribution in [0, 0.1) is 0 Å². The summed E-state index contributed by atoms with van der Waals surface area (Å²) in [4.78, 5) is 15.5. The summed E-state index contributed by atoms with van der Waals surface area (Å²) in [6, 6.07) is 3.16. The number of hydrogen-bond acceptors (Lipinski definition) is 4. The molecule has 6 heteroatoms. The molecule has 0 saturated heterocycles. The van der Waals surface area contributed by atoms with Gasteiger partial charge in [0.25, 0.3) is 0 Å². The summed E-state index contributed by atoms with van der Waals surface area (Å²) in [7, 11) is 0. The monoisotopic (exact) mass is 287 g/mol. The fourth-order valence-corrected chi connectivity index (χ4v) is 1.24. The van der Waals surface area contributed by atoms with Gasteiger partial charge in [-0.1, -0.05) is 6.07 Å². The van der Waals surface area contributed by atoms with E-state index in [4.69, 9.17) is 10.5 Å². The van der Waals surface area contributed by atoms with Crippen LogP contribution in [0.4, 0.5) is 0 Å². The highest BCUT2D eigenvalue weighted by Gasteiger charge is 2.12. The predicted molar refractivity (Wildman–Crippen MR) is 77.4 cm³/mol. The number of carbonyl (C=O) groups is 1. The van der Waals surface area contributed by atoms with Crippen LogP contribution in [-0.4, -0.2) is 22.5 Å². The second-order valence-electron chi connectivity index (χ2n) is 5.23. The van der Waals surface area contributed by atoms with E-state index < -0.39 is 6.04 Å². The Bertz CT molecular complexity index is 399. The Morgan fingerprint density at radius 3 is 2.53 bits per heavy atom. The number of amides is 1. The maximum Gasteiger partial charge on any atom is 0.236 e. The van der Waals surface area contributed by atoms with E-state index in [9.17, 15) is 4.79 Å². The van der Waals surface area contributed by atoms with Crippen molar-refractivity contribution < 1.29 is 9.53 Å². The number of ether oxygens (including phenoxy) is 1. The fraction of sp³-hybridized carbons (Fsp3) is 0.538. The minimum absolute atomic E-state index is 0. The summed E-state index contributed by atoms with van der Waals surface area (Å²) < 4.78 is 5.60. The van der Waals surface area contributed by atoms with E-state index in [0.29, 0.717) is 12.4 Å². The second kappa shape index (κ2) is 7.31. The summed E-state index contributed by atoms with van der Waals surface area (Å²) in [5.41, 5.74) is 6.09. The van der Waals surface area contributed by atoms with Crippen molar-refractivity contribution in [3.63, 3.8) is 0 Å². The molecule has 0 bridgehead atoms. The van der Waals surface area contributed by atoms with Crippen molar-refractivity contribution in [2.45, 2.75) is 45.9 Å². The molecule has 0 aliphatic heterocycles. The minimum Gasteiger partial charge on any atom is -0.472 e. The van der Waals surface area contributed by atoms with Crippen molar-refractivity contribution in [2.75, 3.05) is 0 Å². The molecule has 0 saturated carbocycles. The number of carbonyl (C=O) groups excluding carboxylic acids is 1. The van der Waals surface area contributed by atoms with Gasteiger partial charge >= 0.3 is 0 Å². The first kappa shape index (κ1) is 17.7. The molecule has 0 fully saturated rings. The Balaban J connectivity index is 0.00000324. The van der Waals surface area contributed by atoms with Crippen molar-refractivity contribution in [3.8, 4) is 5.88 Å². The van der Waals surface area contributed by atoms with Gasteiger partial charge < -0.3 is 15.8 Å². The first-order valence-corrected chi connectivity index (χ1v) is 5.95. The van der Waals surface area contributed by atoms with Gasteiger partial charge in [-0.15, -0.1) is 12.4 Å². The van der Waals surface area contributed by atoms with Gasteiger partial charge in [0.05, 0.1) is 6.04 Å². The van der Waals surface area contributed by atoms with Gasteiger partial charge in [0.15, 0.2) is 0 Å². The minimum atomic E-state index is -0.499. The summed E-state index contributed by atoms with van der Waals surface area (Å²) in [6.45, 7) is 7.96. The van der Waals surface area contributed by atoms with E-state index >= 15 is 0 Å². The van der Waals surface area contributed by atoms with Crippen molar-refractivity contribution in [1.29, 1.82) is 0 Å². The molecule has 19 heavy (non-hydrogen) atoms. The molecule has 3 N–H and O–H groups in total. The highest BCUT2D eigenvalue weighted by atomic mass is 35.5. The molecular weight excluding hydrogens is 266 g/mol.